The highest BCUT2D eigenvalue weighted by Crippen LogP contribution is 2.08. The molecule has 0 amide bonds. The van der Waals surface area contributed by atoms with E-state index in [1.165, 1.54) is 0 Å². The number of nitrogens with zero attached hydrogens (tertiary/aromatic N) is 2. The Bertz CT molecular complexity index is 607. The molecule has 2 aromatic rings. The van der Waals surface area contributed by atoms with E-state index in [1.807, 2.05) is 0 Å². The van der Waals surface area contributed by atoms with Crippen molar-refractivity contribution in [2.45, 2.75) is 26.7 Å². The molecule has 0 spiro atoms. The van der Waals surface area contributed by atoms with Gasteiger partial charge >= 0.3 is 0 Å². The molecule has 2 rings (SSSR count). The molecular weight excluding hydrogens is 212 g/mol. The van der Waals surface area contributed by atoms with Crippen LogP contribution in [0, 0.1) is 11.7 Å². The molecule has 6 heteroatoms. The average molecular weight is 224 g/mol. The summed E-state index contributed by atoms with van der Waals surface area (Å²) in [5.74, 6) is 0.485. The summed E-state index contributed by atoms with van der Waals surface area (Å²) in [5, 5.41) is 6.63. The van der Waals surface area contributed by atoms with Gasteiger partial charge < -0.3 is 0 Å². The molecule has 2 heterocycles. The number of fused-ring (bicyclic) bond motifs is 1. The van der Waals surface area contributed by atoms with E-state index in [4.69, 9.17) is 12.2 Å². The highest BCUT2D eigenvalue weighted by molar-refractivity contribution is 7.71. The lowest BCUT2D eigenvalue weighted by Gasteiger charge is -2.05. The Kier molecular flexibility index (Phi) is 2.44. The van der Waals surface area contributed by atoms with Gasteiger partial charge in [0.2, 0.25) is 10.5 Å². The quantitative estimate of drug-likeness (QED) is 0.756. The van der Waals surface area contributed by atoms with Crippen LogP contribution in [0.3, 0.4) is 0 Å². The van der Waals surface area contributed by atoms with Gasteiger partial charge in [0.05, 0.1) is 0 Å². The fraction of sp³-hybridized carbons (Fsp3) is 0.444. The lowest BCUT2D eigenvalue weighted by molar-refractivity contribution is 0.825. The maximum Gasteiger partial charge on any atom is 0.255 e. The summed E-state index contributed by atoms with van der Waals surface area (Å²) in [4.78, 5) is 14.3. The number of rotatable bonds is 2. The van der Waals surface area contributed by atoms with E-state index in [2.05, 4.69) is 22.1 Å². The van der Waals surface area contributed by atoms with Crippen molar-refractivity contribution in [3.8, 4) is 0 Å². The number of aromatic nitrogens is 4. The number of hydrogen-bond acceptors (Lipinski definition) is 3. The first-order chi connectivity index (χ1) is 7.15. The number of hydrogen-bond donors (Lipinski definition) is 2. The van der Waals surface area contributed by atoms with Crippen LogP contribution in [0.1, 0.15) is 24.6 Å². The molecule has 0 saturated carbocycles. The van der Waals surface area contributed by atoms with Gasteiger partial charge in [0.1, 0.15) is 0 Å². The topological polar surface area (TPSA) is 66.0 Å². The molecule has 0 atom stereocenters. The maximum atomic E-state index is 11.6. The third-order valence-electron chi connectivity index (χ3n) is 2.43. The summed E-state index contributed by atoms with van der Waals surface area (Å²) >= 11 is 5.11. The van der Waals surface area contributed by atoms with E-state index < -0.39 is 0 Å². The molecule has 2 aromatic heterocycles. The van der Waals surface area contributed by atoms with Gasteiger partial charge in [-0.1, -0.05) is 13.3 Å². The average Bonchev–Trinajstić information content (AvgIpc) is 2.55. The fourth-order valence-electron chi connectivity index (χ4n) is 1.66. The normalized spacial score (nSPS) is 11.1. The Balaban J connectivity index is 2.92. The van der Waals surface area contributed by atoms with E-state index in [0.29, 0.717) is 16.1 Å². The monoisotopic (exact) mass is 224 g/mol. The van der Waals surface area contributed by atoms with E-state index in [1.54, 1.807) is 11.3 Å². The maximum absolute atomic E-state index is 11.6. The molecule has 5 nitrogen and oxygen atoms in total. The van der Waals surface area contributed by atoms with Crippen LogP contribution in [0.4, 0.5) is 0 Å². The van der Waals surface area contributed by atoms with E-state index >= 15 is 0 Å². The first kappa shape index (κ1) is 10.1. The molecule has 0 radical (unpaired) electrons. The minimum Gasteiger partial charge on any atom is -0.290 e. The number of H-pyrrole nitrogens is 2. The number of aromatic amines is 2. The van der Waals surface area contributed by atoms with Crippen molar-refractivity contribution >= 4 is 18.0 Å². The van der Waals surface area contributed by atoms with Crippen LogP contribution in [0.5, 0.6) is 0 Å². The molecule has 2 N–H and O–H groups in total. The zero-order valence-electron chi connectivity index (χ0n) is 8.63. The largest absolute Gasteiger partial charge is 0.290 e. The second-order valence-corrected chi connectivity index (χ2v) is 3.85. The minimum atomic E-state index is -0.0973. The highest BCUT2D eigenvalue weighted by atomic mass is 32.1. The molecule has 0 aliphatic heterocycles. The lowest BCUT2D eigenvalue weighted by atomic mass is 10.1. The Hall–Kier alpha value is -1.43. The number of nitrogens with one attached hydrogen (secondary N) is 2. The molecule has 0 fully saturated rings. The van der Waals surface area contributed by atoms with Gasteiger partial charge in [-0.3, -0.25) is 14.2 Å². The van der Waals surface area contributed by atoms with Gasteiger partial charge in [0, 0.05) is 11.3 Å². The zero-order valence-corrected chi connectivity index (χ0v) is 9.44. The molecule has 0 aliphatic rings. The Labute approximate surface area is 91.2 Å². The lowest BCUT2D eigenvalue weighted by Crippen LogP contribution is -2.17. The Morgan fingerprint density at radius 2 is 2.27 bits per heavy atom. The van der Waals surface area contributed by atoms with Gasteiger partial charge in [-0.25, -0.2) is 5.10 Å². The zero-order chi connectivity index (χ0) is 11.0. The predicted molar refractivity (Wildman–Crippen MR) is 59.7 cm³/mol. The molecule has 0 bridgehead atoms. The third kappa shape index (κ3) is 1.50. The molecule has 15 heavy (non-hydrogen) atoms. The molecule has 0 unspecified atom stereocenters. The second-order valence-electron chi connectivity index (χ2n) is 3.46. The smallest absolute Gasteiger partial charge is 0.255 e. The van der Waals surface area contributed by atoms with Crippen molar-refractivity contribution < 1.29 is 0 Å². The Morgan fingerprint density at radius 1 is 1.53 bits per heavy atom. The van der Waals surface area contributed by atoms with Crippen LogP contribution in [-0.4, -0.2) is 19.6 Å². The van der Waals surface area contributed by atoms with Crippen LogP contribution in [0.15, 0.2) is 4.79 Å². The van der Waals surface area contributed by atoms with Crippen LogP contribution < -0.4 is 5.56 Å². The van der Waals surface area contributed by atoms with Crippen molar-refractivity contribution in [2.24, 2.45) is 0 Å². The molecule has 0 aromatic carbocycles. The summed E-state index contributed by atoms with van der Waals surface area (Å²) in [6, 6.07) is 0. The minimum absolute atomic E-state index is 0.0973. The standard InChI is InChI=1S/C9H12N4OS/c1-3-4-6-5(2)7(14)10-8-11-12-9(15)13(6)8/h3-4H2,1-2H3,(H,12,15)(H,10,11,14). The van der Waals surface area contributed by atoms with Crippen LogP contribution in [0.2, 0.25) is 0 Å². The van der Waals surface area contributed by atoms with Gasteiger partial charge in [-0.2, -0.15) is 0 Å². The third-order valence-corrected chi connectivity index (χ3v) is 2.70. The highest BCUT2D eigenvalue weighted by Gasteiger charge is 2.09. The van der Waals surface area contributed by atoms with Crippen LogP contribution in [0.25, 0.3) is 5.78 Å². The van der Waals surface area contributed by atoms with Gasteiger partial charge in [-0.05, 0) is 25.6 Å². The number of aryl methyl sites for hydroxylation is 1. The summed E-state index contributed by atoms with van der Waals surface area (Å²) in [6.07, 6.45) is 1.78. The van der Waals surface area contributed by atoms with Crippen molar-refractivity contribution in [3.05, 3.63) is 26.4 Å². The van der Waals surface area contributed by atoms with E-state index in [9.17, 15) is 4.79 Å². The summed E-state index contributed by atoms with van der Waals surface area (Å²) in [5.41, 5.74) is 1.55. The van der Waals surface area contributed by atoms with Crippen LogP contribution >= 0.6 is 12.2 Å². The summed E-state index contributed by atoms with van der Waals surface area (Å²) in [7, 11) is 0. The van der Waals surface area contributed by atoms with Crippen molar-refractivity contribution in [3.63, 3.8) is 0 Å². The SMILES string of the molecule is CCCc1c(C)c(=O)[nH]c2n[nH]c(=S)n12. The fourth-order valence-corrected chi connectivity index (χ4v) is 1.90. The summed E-state index contributed by atoms with van der Waals surface area (Å²) < 4.78 is 2.31. The van der Waals surface area contributed by atoms with Gasteiger partial charge in [-0.15, -0.1) is 5.10 Å². The van der Waals surface area contributed by atoms with Gasteiger partial charge in [0.25, 0.3) is 5.56 Å². The van der Waals surface area contributed by atoms with Crippen LogP contribution in [-0.2, 0) is 6.42 Å². The molecule has 0 aliphatic carbocycles. The first-order valence-corrected chi connectivity index (χ1v) is 5.25. The van der Waals surface area contributed by atoms with Crippen molar-refractivity contribution in [2.75, 3.05) is 0 Å². The van der Waals surface area contributed by atoms with Gasteiger partial charge in [0.15, 0.2) is 0 Å². The molecule has 80 valence electrons. The molecule has 0 saturated heterocycles. The molecular formula is C9H12N4OS. The first-order valence-electron chi connectivity index (χ1n) is 4.84. The van der Waals surface area contributed by atoms with E-state index in [-0.39, 0.29) is 5.56 Å². The predicted octanol–water partition coefficient (Wildman–Crippen LogP) is 1.34. The van der Waals surface area contributed by atoms with Crippen molar-refractivity contribution in [1.29, 1.82) is 0 Å². The summed E-state index contributed by atoms with van der Waals surface area (Å²) in [6.45, 7) is 3.87. The second kappa shape index (κ2) is 3.62. The van der Waals surface area contributed by atoms with E-state index in [0.717, 1.165) is 18.5 Å². The Morgan fingerprint density at radius 3 is 2.93 bits per heavy atom. The van der Waals surface area contributed by atoms with Crippen molar-refractivity contribution in [1.82, 2.24) is 19.6 Å².